The first-order chi connectivity index (χ1) is 13.1. The fraction of sp³-hybridized carbons (Fsp3) is 0.286. The van der Waals surface area contributed by atoms with Gasteiger partial charge in [0.2, 0.25) is 0 Å². The van der Waals surface area contributed by atoms with Gasteiger partial charge in [0.15, 0.2) is 11.6 Å². The van der Waals surface area contributed by atoms with Gasteiger partial charge in [-0.15, -0.1) is 0 Å². The number of hydrogen-bond donors (Lipinski definition) is 0. The number of piperidine rings is 1. The van der Waals surface area contributed by atoms with Gasteiger partial charge in [-0.2, -0.15) is 0 Å². The van der Waals surface area contributed by atoms with Gasteiger partial charge in [0.25, 0.3) is 5.91 Å². The second-order valence-corrected chi connectivity index (χ2v) is 6.80. The molecule has 0 N–H and O–H groups in total. The van der Waals surface area contributed by atoms with Gasteiger partial charge in [-0.1, -0.05) is 6.07 Å². The third-order valence-corrected chi connectivity index (χ3v) is 4.88. The molecule has 0 radical (unpaired) electrons. The number of aromatic nitrogens is 2. The molecule has 1 aromatic carbocycles. The number of hydrogen-bond acceptors (Lipinski definition) is 4. The van der Waals surface area contributed by atoms with Crippen LogP contribution in [0.3, 0.4) is 0 Å². The van der Waals surface area contributed by atoms with Crippen LogP contribution in [0.15, 0.2) is 53.1 Å². The van der Waals surface area contributed by atoms with Crippen LogP contribution in [0.4, 0.5) is 4.39 Å². The molecule has 1 saturated heterocycles. The Kier molecular flexibility index (Phi) is 4.71. The lowest BCUT2D eigenvalue weighted by Crippen LogP contribution is -2.39. The first-order valence-corrected chi connectivity index (χ1v) is 9.04. The van der Waals surface area contributed by atoms with Crippen molar-refractivity contribution in [3.05, 3.63) is 71.8 Å². The lowest BCUT2D eigenvalue weighted by molar-refractivity contribution is 0.0700. The SMILES string of the molecule is Cc1nc(C(=O)N2CCCC(c3cccc(-c4ccc(F)cc4)n3)C2)co1. The molecule has 1 unspecified atom stereocenters. The van der Waals surface area contributed by atoms with Crippen LogP contribution in [0, 0.1) is 12.7 Å². The first kappa shape index (κ1) is 17.4. The largest absolute Gasteiger partial charge is 0.448 e. The molecular formula is C21H20FN3O2. The van der Waals surface area contributed by atoms with E-state index in [4.69, 9.17) is 9.40 Å². The lowest BCUT2D eigenvalue weighted by atomic mass is 9.93. The van der Waals surface area contributed by atoms with Crippen LogP contribution in [0.25, 0.3) is 11.3 Å². The number of halogens is 1. The second-order valence-electron chi connectivity index (χ2n) is 6.80. The molecule has 1 fully saturated rings. The number of aryl methyl sites for hydroxylation is 1. The number of oxazole rings is 1. The van der Waals surface area contributed by atoms with Gasteiger partial charge in [0.05, 0.1) is 5.69 Å². The molecule has 1 amide bonds. The topological polar surface area (TPSA) is 59.2 Å². The molecule has 1 aliphatic heterocycles. The van der Waals surface area contributed by atoms with E-state index < -0.39 is 0 Å². The number of benzene rings is 1. The number of amides is 1. The van der Waals surface area contributed by atoms with E-state index >= 15 is 0 Å². The predicted molar refractivity (Wildman–Crippen MR) is 98.7 cm³/mol. The number of rotatable bonds is 3. The van der Waals surface area contributed by atoms with Crippen LogP contribution in [0.5, 0.6) is 0 Å². The summed E-state index contributed by atoms with van der Waals surface area (Å²) < 4.78 is 18.3. The van der Waals surface area contributed by atoms with Crippen molar-refractivity contribution >= 4 is 5.91 Å². The zero-order valence-corrected chi connectivity index (χ0v) is 15.1. The average Bonchev–Trinajstić information content (AvgIpc) is 3.14. The Balaban J connectivity index is 1.54. The highest BCUT2D eigenvalue weighted by Crippen LogP contribution is 2.28. The number of carbonyl (C=O) groups excluding carboxylic acids is 1. The van der Waals surface area contributed by atoms with Gasteiger partial charge in [-0.25, -0.2) is 9.37 Å². The summed E-state index contributed by atoms with van der Waals surface area (Å²) in [5.74, 6) is 0.280. The minimum atomic E-state index is -0.264. The van der Waals surface area contributed by atoms with Gasteiger partial charge in [-0.05, 0) is 49.2 Å². The third kappa shape index (κ3) is 3.74. The van der Waals surface area contributed by atoms with E-state index in [0.29, 0.717) is 24.7 Å². The van der Waals surface area contributed by atoms with E-state index in [0.717, 1.165) is 29.8 Å². The van der Waals surface area contributed by atoms with Gasteiger partial charge < -0.3 is 9.32 Å². The van der Waals surface area contributed by atoms with E-state index in [-0.39, 0.29) is 17.6 Å². The Hall–Kier alpha value is -3.02. The molecule has 3 heterocycles. The number of carbonyl (C=O) groups is 1. The highest BCUT2D eigenvalue weighted by atomic mass is 19.1. The summed E-state index contributed by atoms with van der Waals surface area (Å²) in [5, 5.41) is 0. The van der Waals surface area contributed by atoms with Crippen LogP contribution in [0.1, 0.15) is 40.8 Å². The molecule has 3 aromatic rings. The molecular weight excluding hydrogens is 345 g/mol. The molecule has 2 aromatic heterocycles. The maximum atomic E-state index is 13.2. The van der Waals surface area contributed by atoms with E-state index in [1.165, 1.54) is 18.4 Å². The fourth-order valence-electron chi connectivity index (χ4n) is 3.49. The van der Waals surface area contributed by atoms with Crippen molar-refractivity contribution < 1.29 is 13.6 Å². The van der Waals surface area contributed by atoms with Crippen LogP contribution in [0.2, 0.25) is 0 Å². The van der Waals surface area contributed by atoms with Gasteiger partial charge in [0, 0.05) is 37.2 Å². The molecule has 6 heteroatoms. The van der Waals surface area contributed by atoms with Crippen LogP contribution < -0.4 is 0 Å². The Morgan fingerprint density at radius 1 is 1.19 bits per heavy atom. The average molecular weight is 365 g/mol. The highest BCUT2D eigenvalue weighted by Gasteiger charge is 2.27. The summed E-state index contributed by atoms with van der Waals surface area (Å²) >= 11 is 0. The zero-order valence-electron chi connectivity index (χ0n) is 15.1. The van der Waals surface area contributed by atoms with Crippen LogP contribution in [-0.4, -0.2) is 33.9 Å². The minimum absolute atomic E-state index is 0.105. The van der Waals surface area contributed by atoms with E-state index in [1.54, 1.807) is 19.1 Å². The predicted octanol–water partition coefficient (Wildman–Crippen LogP) is 4.20. The Morgan fingerprint density at radius 3 is 2.74 bits per heavy atom. The minimum Gasteiger partial charge on any atom is -0.448 e. The summed E-state index contributed by atoms with van der Waals surface area (Å²) in [4.78, 5) is 23.4. The third-order valence-electron chi connectivity index (χ3n) is 4.88. The molecule has 138 valence electrons. The quantitative estimate of drug-likeness (QED) is 0.698. The fourth-order valence-corrected chi connectivity index (χ4v) is 3.49. The molecule has 0 spiro atoms. The Morgan fingerprint density at radius 2 is 2.00 bits per heavy atom. The summed E-state index contributed by atoms with van der Waals surface area (Å²) in [6, 6.07) is 12.2. The summed E-state index contributed by atoms with van der Waals surface area (Å²) in [7, 11) is 0. The molecule has 5 nitrogen and oxygen atoms in total. The smallest absolute Gasteiger partial charge is 0.275 e. The van der Waals surface area contributed by atoms with Gasteiger partial charge in [-0.3, -0.25) is 9.78 Å². The van der Waals surface area contributed by atoms with E-state index in [2.05, 4.69) is 4.98 Å². The zero-order chi connectivity index (χ0) is 18.8. The first-order valence-electron chi connectivity index (χ1n) is 9.04. The van der Waals surface area contributed by atoms with Crippen molar-refractivity contribution in [3.63, 3.8) is 0 Å². The molecule has 27 heavy (non-hydrogen) atoms. The maximum absolute atomic E-state index is 13.2. The summed E-state index contributed by atoms with van der Waals surface area (Å²) in [6.07, 6.45) is 3.30. The maximum Gasteiger partial charge on any atom is 0.275 e. The Bertz CT molecular complexity index is 952. The van der Waals surface area contributed by atoms with Crippen molar-refractivity contribution in [2.75, 3.05) is 13.1 Å². The Labute approximate surface area is 156 Å². The van der Waals surface area contributed by atoms with Crippen molar-refractivity contribution in [1.29, 1.82) is 0 Å². The molecule has 0 saturated carbocycles. The molecule has 1 aliphatic rings. The summed E-state index contributed by atoms with van der Waals surface area (Å²) in [5.41, 5.74) is 2.98. The number of nitrogens with zero attached hydrogens (tertiary/aromatic N) is 3. The molecule has 1 atom stereocenters. The van der Waals surface area contributed by atoms with E-state index in [1.807, 2.05) is 23.1 Å². The lowest BCUT2D eigenvalue weighted by Gasteiger charge is -2.32. The highest BCUT2D eigenvalue weighted by molar-refractivity contribution is 5.92. The molecule has 0 bridgehead atoms. The number of pyridine rings is 1. The standard InChI is InChI=1S/C21H20FN3O2/c1-14-23-20(13-27-14)21(26)25-11-3-4-16(12-25)19-6-2-5-18(24-19)15-7-9-17(22)10-8-15/h2,5-10,13,16H,3-4,11-12H2,1H3. The van der Waals surface area contributed by atoms with Crippen molar-refractivity contribution in [3.8, 4) is 11.3 Å². The van der Waals surface area contributed by atoms with Gasteiger partial charge >= 0.3 is 0 Å². The van der Waals surface area contributed by atoms with Crippen molar-refractivity contribution in [1.82, 2.24) is 14.9 Å². The van der Waals surface area contributed by atoms with Crippen LogP contribution >= 0.6 is 0 Å². The van der Waals surface area contributed by atoms with E-state index in [9.17, 15) is 9.18 Å². The molecule has 0 aliphatic carbocycles. The van der Waals surface area contributed by atoms with Crippen LogP contribution in [-0.2, 0) is 0 Å². The number of likely N-dealkylation sites (tertiary alicyclic amines) is 1. The normalized spacial score (nSPS) is 17.1. The monoisotopic (exact) mass is 365 g/mol. The van der Waals surface area contributed by atoms with Crippen molar-refractivity contribution in [2.45, 2.75) is 25.7 Å². The second kappa shape index (κ2) is 7.31. The molecule has 4 rings (SSSR count). The summed E-state index contributed by atoms with van der Waals surface area (Å²) in [6.45, 7) is 3.03. The van der Waals surface area contributed by atoms with Gasteiger partial charge in [0.1, 0.15) is 12.1 Å². The van der Waals surface area contributed by atoms with Crippen molar-refractivity contribution in [2.24, 2.45) is 0 Å².